The SMILES string of the molecule is COc1ccc(C2=NO[C@@H](CN(Cc3ccc(F)cc3F)C[C@@H](O)COc3ccccc3C)C2)cc1. The molecule has 3 aromatic rings. The van der Waals surface area contributed by atoms with Gasteiger partial charge in [0.05, 0.1) is 12.8 Å². The largest absolute Gasteiger partial charge is 0.497 e. The maximum Gasteiger partial charge on any atom is 0.145 e. The number of hydrogen-bond donors (Lipinski definition) is 1. The first-order valence-corrected chi connectivity index (χ1v) is 11.8. The standard InChI is InChI=1S/C28H30F2N2O4/c1-19-5-3-4-6-28(19)35-18-23(33)16-32(15-21-7-10-22(29)13-26(21)30)17-25-14-27(31-36-25)20-8-11-24(34-2)12-9-20/h3-13,23,25,33H,14-18H2,1-2H3/t23-,25-/m1/s1. The van der Waals surface area contributed by atoms with Gasteiger partial charge in [0.1, 0.15) is 41.9 Å². The minimum absolute atomic E-state index is 0.0758. The van der Waals surface area contributed by atoms with Crippen molar-refractivity contribution in [3.8, 4) is 11.5 Å². The maximum absolute atomic E-state index is 14.4. The maximum atomic E-state index is 14.4. The van der Waals surface area contributed by atoms with Crippen molar-refractivity contribution >= 4 is 5.71 Å². The monoisotopic (exact) mass is 496 g/mol. The number of aryl methyl sites for hydroxylation is 1. The summed E-state index contributed by atoms with van der Waals surface area (Å²) in [6, 6.07) is 18.6. The average molecular weight is 497 g/mol. The van der Waals surface area contributed by atoms with E-state index in [-0.39, 0.29) is 25.8 Å². The van der Waals surface area contributed by atoms with Crippen molar-refractivity contribution in [3.05, 3.63) is 95.1 Å². The highest BCUT2D eigenvalue weighted by Crippen LogP contribution is 2.22. The fourth-order valence-electron chi connectivity index (χ4n) is 4.12. The number of rotatable bonds is 11. The molecule has 0 amide bonds. The Hall–Kier alpha value is -3.49. The molecular formula is C28H30F2N2O4. The van der Waals surface area contributed by atoms with Gasteiger partial charge in [-0.2, -0.15) is 0 Å². The highest BCUT2D eigenvalue weighted by molar-refractivity contribution is 6.01. The molecule has 0 saturated carbocycles. The molecule has 1 heterocycles. The van der Waals surface area contributed by atoms with Crippen LogP contribution in [0.2, 0.25) is 0 Å². The van der Waals surface area contributed by atoms with Crippen molar-refractivity contribution in [2.45, 2.75) is 32.1 Å². The molecule has 2 atom stereocenters. The van der Waals surface area contributed by atoms with Gasteiger partial charge in [-0.3, -0.25) is 4.90 Å². The number of para-hydroxylation sites is 1. The van der Waals surface area contributed by atoms with Gasteiger partial charge in [0.25, 0.3) is 0 Å². The molecule has 0 spiro atoms. The third kappa shape index (κ3) is 6.80. The van der Waals surface area contributed by atoms with E-state index in [0.29, 0.717) is 24.3 Å². The Balaban J connectivity index is 1.40. The van der Waals surface area contributed by atoms with Crippen LogP contribution in [0.15, 0.2) is 71.9 Å². The van der Waals surface area contributed by atoms with Gasteiger partial charge in [-0.15, -0.1) is 0 Å². The zero-order chi connectivity index (χ0) is 25.5. The molecule has 8 heteroatoms. The van der Waals surface area contributed by atoms with E-state index in [1.165, 1.54) is 12.1 Å². The molecule has 1 aliphatic rings. The van der Waals surface area contributed by atoms with Crippen LogP contribution in [0.1, 0.15) is 23.1 Å². The van der Waals surface area contributed by atoms with Crippen molar-refractivity contribution in [3.63, 3.8) is 0 Å². The normalized spacial score (nSPS) is 15.9. The predicted octanol–water partition coefficient (Wildman–Crippen LogP) is 4.72. The fourth-order valence-corrected chi connectivity index (χ4v) is 4.12. The van der Waals surface area contributed by atoms with Crippen molar-refractivity contribution in [1.82, 2.24) is 4.90 Å². The summed E-state index contributed by atoms with van der Waals surface area (Å²) < 4.78 is 38.8. The van der Waals surface area contributed by atoms with E-state index in [1.807, 2.05) is 60.4 Å². The first kappa shape index (κ1) is 25.6. The van der Waals surface area contributed by atoms with Crippen LogP contribution in [0, 0.1) is 18.6 Å². The van der Waals surface area contributed by atoms with E-state index in [9.17, 15) is 13.9 Å². The molecule has 36 heavy (non-hydrogen) atoms. The van der Waals surface area contributed by atoms with Crippen LogP contribution in [0.5, 0.6) is 11.5 Å². The average Bonchev–Trinajstić information content (AvgIpc) is 3.33. The predicted molar refractivity (Wildman–Crippen MR) is 133 cm³/mol. The van der Waals surface area contributed by atoms with Crippen molar-refractivity contribution < 1.29 is 28.2 Å². The molecular weight excluding hydrogens is 466 g/mol. The minimum atomic E-state index is -0.837. The van der Waals surface area contributed by atoms with E-state index in [2.05, 4.69) is 5.16 Å². The number of oxime groups is 1. The molecule has 1 N–H and O–H groups in total. The van der Waals surface area contributed by atoms with Gasteiger partial charge in [0, 0.05) is 37.7 Å². The third-order valence-corrected chi connectivity index (χ3v) is 6.02. The van der Waals surface area contributed by atoms with Crippen LogP contribution in [0.25, 0.3) is 0 Å². The van der Waals surface area contributed by atoms with Crippen molar-refractivity contribution in [2.24, 2.45) is 5.16 Å². The lowest BCUT2D eigenvalue weighted by Gasteiger charge is -2.27. The Morgan fingerprint density at radius 2 is 1.89 bits per heavy atom. The van der Waals surface area contributed by atoms with Crippen LogP contribution in [-0.2, 0) is 11.4 Å². The van der Waals surface area contributed by atoms with Gasteiger partial charge >= 0.3 is 0 Å². The van der Waals surface area contributed by atoms with Gasteiger partial charge in [-0.25, -0.2) is 8.78 Å². The molecule has 0 aliphatic carbocycles. The number of benzene rings is 3. The number of hydrogen-bond acceptors (Lipinski definition) is 6. The summed E-state index contributed by atoms with van der Waals surface area (Å²) in [6.45, 7) is 2.78. The van der Waals surface area contributed by atoms with E-state index in [4.69, 9.17) is 14.3 Å². The van der Waals surface area contributed by atoms with Crippen LogP contribution in [0.3, 0.4) is 0 Å². The third-order valence-electron chi connectivity index (χ3n) is 6.02. The zero-order valence-corrected chi connectivity index (χ0v) is 20.4. The Labute approximate surface area is 209 Å². The Morgan fingerprint density at radius 1 is 1.11 bits per heavy atom. The van der Waals surface area contributed by atoms with Gasteiger partial charge in [-0.1, -0.05) is 29.4 Å². The molecule has 4 rings (SSSR count). The van der Waals surface area contributed by atoms with E-state index in [0.717, 1.165) is 28.7 Å². The number of aliphatic hydroxyl groups is 1. The number of nitrogens with zero attached hydrogens (tertiary/aromatic N) is 2. The molecule has 6 nitrogen and oxygen atoms in total. The Bertz CT molecular complexity index is 1190. The molecule has 0 unspecified atom stereocenters. The Morgan fingerprint density at radius 3 is 2.61 bits per heavy atom. The van der Waals surface area contributed by atoms with Gasteiger partial charge in [0.2, 0.25) is 0 Å². The van der Waals surface area contributed by atoms with Gasteiger partial charge in [-0.05, 0) is 54.4 Å². The number of methoxy groups -OCH3 is 1. The smallest absolute Gasteiger partial charge is 0.145 e. The summed E-state index contributed by atoms with van der Waals surface area (Å²) in [5.74, 6) is 0.188. The van der Waals surface area contributed by atoms with Crippen LogP contribution in [-0.4, -0.2) is 54.7 Å². The minimum Gasteiger partial charge on any atom is -0.497 e. The second-order valence-electron chi connectivity index (χ2n) is 8.86. The topological polar surface area (TPSA) is 63.5 Å². The summed E-state index contributed by atoms with van der Waals surface area (Å²) in [4.78, 5) is 7.54. The van der Waals surface area contributed by atoms with Crippen LogP contribution < -0.4 is 9.47 Å². The van der Waals surface area contributed by atoms with Crippen molar-refractivity contribution in [2.75, 3.05) is 26.8 Å². The number of ether oxygens (including phenoxy) is 2. The molecule has 3 aromatic carbocycles. The molecule has 1 aliphatic heterocycles. The van der Waals surface area contributed by atoms with Gasteiger partial charge in [0.15, 0.2) is 0 Å². The van der Waals surface area contributed by atoms with E-state index in [1.54, 1.807) is 7.11 Å². The van der Waals surface area contributed by atoms with Crippen molar-refractivity contribution in [1.29, 1.82) is 0 Å². The summed E-state index contributed by atoms with van der Waals surface area (Å²) >= 11 is 0. The molecule has 190 valence electrons. The molecule has 0 radical (unpaired) electrons. The molecule has 0 aromatic heterocycles. The van der Waals surface area contributed by atoms with Gasteiger partial charge < -0.3 is 19.4 Å². The molecule has 0 saturated heterocycles. The Kier molecular flexibility index (Phi) is 8.51. The quantitative estimate of drug-likeness (QED) is 0.416. The fraction of sp³-hybridized carbons (Fsp3) is 0.321. The summed E-state index contributed by atoms with van der Waals surface area (Å²) in [7, 11) is 1.61. The summed E-state index contributed by atoms with van der Waals surface area (Å²) in [6.07, 6.45) is -0.559. The second-order valence-corrected chi connectivity index (χ2v) is 8.86. The van der Waals surface area contributed by atoms with Crippen LogP contribution >= 0.6 is 0 Å². The zero-order valence-electron chi connectivity index (χ0n) is 20.4. The molecule has 0 fully saturated rings. The second kappa shape index (κ2) is 12.0. The number of aliphatic hydroxyl groups excluding tert-OH is 1. The lowest BCUT2D eigenvalue weighted by atomic mass is 10.0. The number of halogens is 2. The highest BCUT2D eigenvalue weighted by atomic mass is 19.1. The summed E-state index contributed by atoms with van der Waals surface area (Å²) in [5, 5.41) is 15.0. The van der Waals surface area contributed by atoms with E-state index >= 15 is 0 Å². The molecule has 0 bridgehead atoms. The first-order chi connectivity index (χ1) is 17.4. The summed E-state index contributed by atoms with van der Waals surface area (Å²) in [5.41, 5.74) is 3.04. The highest BCUT2D eigenvalue weighted by Gasteiger charge is 2.26. The first-order valence-electron chi connectivity index (χ1n) is 11.8. The van der Waals surface area contributed by atoms with Crippen LogP contribution in [0.4, 0.5) is 8.78 Å². The lowest BCUT2D eigenvalue weighted by molar-refractivity contribution is 0.0209. The lowest BCUT2D eigenvalue weighted by Crippen LogP contribution is -2.40. The van der Waals surface area contributed by atoms with E-state index < -0.39 is 17.7 Å².